The Hall–Kier alpha value is -1.10. The fraction of sp³-hybridized carbons (Fsp3) is 0.833. The molecule has 0 aromatic rings. The molecular weight excluding hydrogens is 218 g/mol. The molecular formula is C12H23N3O2. The van der Waals surface area contributed by atoms with Crippen molar-refractivity contribution < 1.29 is 9.59 Å². The monoisotopic (exact) mass is 241 g/mol. The average Bonchev–Trinajstić information content (AvgIpc) is 2.46. The molecule has 0 spiro atoms. The van der Waals surface area contributed by atoms with Crippen LogP contribution in [-0.2, 0) is 9.59 Å². The van der Waals surface area contributed by atoms with Crippen LogP contribution >= 0.6 is 0 Å². The largest absolute Gasteiger partial charge is 0.370 e. The van der Waals surface area contributed by atoms with Gasteiger partial charge >= 0.3 is 0 Å². The zero-order valence-electron chi connectivity index (χ0n) is 10.7. The van der Waals surface area contributed by atoms with Crippen LogP contribution in [0.25, 0.3) is 0 Å². The van der Waals surface area contributed by atoms with E-state index in [0.717, 1.165) is 25.7 Å². The third-order valence-corrected chi connectivity index (χ3v) is 3.21. The summed E-state index contributed by atoms with van der Waals surface area (Å²) >= 11 is 0. The Morgan fingerprint density at radius 1 is 1.29 bits per heavy atom. The van der Waals surface area contributed by atoms with Crippen LogP contribution in [0, 0.1) is 0 Å². The number of primary amides is 1. The van der Waals surface area contributed by atoms with Gasteiger partial charge in [-0.1, -0.05) is 12.8 Å². The van der Waals surface area contributed by atoms with Gasteiger partial charge < -0.3 is 16.8 Å². The van der Waals surface area contributed by atoms with Gasteiger partial charge in [0, 0.05) is 23.9 Å². The smallest absolute Gasteiger partial charge is 0.222 e. The fourth-order valence-electron chi connectivity index (χ4n) is 2.48. The number of rotatable bonds is 5. The van der Waals surface area contributed by atoms with Gasteiger partial charge in [0.2, 0.25) is 11.8 Å². The predicted molar refractivity (Wildman–Crippen MR) is 66.0 cm³/mol. The summed E-state index contributed by atoms with van der Waals surface area (Å²) in [5, 5.41) is 2.82. The van der Waals surface area contributed by atoms with E-state index < -0.39 is 11.4 Å². The van der Waals surface area contributed by atoms with E-state index in [2.05, 4.69) is 5.32 Å². The molecule has 5 N–H and O–H groups in total. The zero-order valence-corrected chi connectivity index (χ0v) is 10.7. The first-order valence-electron chi connectivity index (χ1n) is 6.11. The van der Waals surface area contributed by atoms with Crippen LogP contribution in [-0.4, -0.2) is 22.9 Å². The number of hydrogen-bond donors (Lipinski definition) is 3. The van der Waals surface area contributed by atoms with E-state index in [1.165, 1.54) is 0 Å². The second kappa shape index (κ2) is 5.04. The van der Waals surface area contributed by atoms with Crippen molar-refractivity contribution in [2.45, 2.75) is 63.5 Å². The van der Waals surface area contributed by atoms with Gasteiger partial charge in [0.1, 0.15) is 0 Å². The van der Waals surface area contributed by atoms with Crippen LogP contribution in [0.1, 0.15) is 52.4 Å². The number of hydrogen-bond acceptors (Lipinski definition) is 3. The molecule has 98 valence electrons. The quantitative estimate of drug-likeness (QED) is 0.650. The Bertz CT molecular complexity index is 307. The highest BCUT2D eigenvalue weighted by atomic mass is 16.2. The van der Waals surface area contributed by atoms with Crippen LogP contribution < -0.4 is 16.8 Å². The SMILES string of the molecule is CC(C)(CC(N)=O)NC(=O)CC1(N)CCCC1. The third-order valence-electron chi connectivity index (χ3n) is 3.21. The summed E-state index contributed by atoms with van der Waals surface area (Å²) in [6.07, 6.45) is 4.45. The van der Waals surface area contributed by atoms with Crippen molar-refractivity contribution in [3.8, 4) is 0 Å². The minimum atomic E-state index is -0.599. The second-order valence-corrected chi connectivity index (χ2v) is 5.82. The molecule has 0 aromatic heterocycles. The second-order valence-electron chi connectivity index (χ2n) is 5.82. The lowest BCUT2D eigenvalue weighted by atomic mass is 9.93. The molecule has 0 aliphatic heterocycles. The molecule has 1 aliphatic rings. The highest BCUT2D eigenvalue weighted by molar-refractivity contribution is 5.80. The van der Waals surface area contributed by atoms with Crippen molar-refractivity contribution in [2.24, 2.45) is 11.5 Å². The Kier molecular flexibility index (Phi) is 4.14. The van der Waals surface area contributed by atoms with Gasteiger partial charge in [0.25, 0.3) is 0 Å². The van der Waals surface area contributed by atoms with E-state index in [-0.39, 0.29) is 17.9 Å². The van der Waals surface area contributed by atoms with Crippen molar-refractivity contribution >= 4 is 11.8 Å². The summed E-state index contributed by atoms with van der Waals surface area (Å²) in [4.78, 5) is 22.7. The lowest BCUT2D eigenvalue weighted by Gasteiger charge is -2.28. The maximum Gasteiger partial charge on any atom is 0.222 e. The van der Waals surface area contributed by atoms with Gasteiger partial charge in [-0.3, -0.25) is 9.59 Å². The molecule has 0 aromatic carbocycles. The number of carbonyl (C=O) groups is 2. The molecule has 0 atom stereocenters. The van der Waals surface area contributed by atoms with Crippen molar-refractivity contribution in [3.05, 3.63) is 0 Å². The van der Waals surface area contributed by atoms with Crippen LogP contribution in [0.2, 0.25) is 0 Å². The Morgan fingerprint density at radius 2 is 1.82 bits per heavy atom. The minimum absolute atomic E-state index is 0.0966. The predicted octanol–water partition coefficient (Wildman–Crippen LogP) is 0.418. The number of nitrogens with two attached hydrogens (primary N) is 2. The molecule has 0 heterocycles. The molecule has 1 rings (SSSR count). The zero-order chi connectivity index (χ0) is 13.1. The van der Waals surface area contributed by atoms with Gasteiger partial charge in [0.15, 0.2) is 0 Å². The molecule has 5 nitrogen and oxygen atoms in total. The normalized spacial score (nSPS) is 19.0. The van der Waals surface area contributed by atoms with Gasteiger partial charge in [-0.25, -0.2) is 0 Å². The molecule has 5 heteroatoms. The molecule has 0 radical (unpaired) electrons. The topological polar surface area (TPSA) is 98.2 Å². The van der Waals surface area contributed by atoms with Gasteiger partial charge in [-0.05, 0) is 26.7 Å². The lowest BCUT2D eigenvalue weighted by molar-refractivity contribution is -0.124. The lowest BCUT2D eigenvalue weighted by Crippen LogP contribution is -2.50. The summed E-state index contributed by atoms with van der Waals surface area (Å²) < 4.78 is 0. The van der Waals surface area contributed by atoms with E-state index in [4.69, 9.17) is 11.5 Å². The van der Waals surface area contributed by atoms with Crippen molar-refractivity contribution in [1.29, 1.82) is 0 Å². The number of nitrogens with one attached hydrogen (secondary N) is 1. The summed E-state index contributed by atoms with van der Waals surface area (Å²) in [6.45, 7) is 3.57. The molecule has 17 heavy (non-hydrogen) atoms. The first kappa shape index (κ1) is 14.0. The summed E-state index contributed by atoms with van der Waals surface area (Å²) in [6, 6.07) is 0. The van der Waals surface area contributed by atoms with E-state index in [1.807, 2.05) is 0 Å². The molecule has 2 amide bonds. The first-order chi connectivity index (χ1) is 7.72. The van der Waals surface area contributed by atoms with E-state index in [9.17, 15) is 9.59 Å². The van der Waals surface area contributed by atoms with E-state index in [1.54, 1.807) is 13.8 Å². The standard InChI is InChI=1S/C12H23N3O2/c1-11(2,7-9(13)16)15-10(17)8-12(14)5-3-4-6-12/h3-8,14H2,1-2H3,(H2,13,16)(H,15,17). The van der Waals surface area contributed by atoms with Crippen LogP contribution in [0.3, 0.4) is 0 Å². The Labute approximate surface area is 102 Å². The molecule has 1 aliphatic carbocycles. The molecule has 1 fully saturated rings. The maximum atomic E-state index is 11.9. The van der Waals surface area contributed by atoms with Crippen LogP contribution in [0.5, 0.6) is 0 Å². The first-order valence-corrected chi connectivity index (χ1v) is 6.11. The van der Waals surface area contributed by atoms with Gasteiger partial charge in [-0.2, -0.15) is 0 Å². The Morgan fingerprint density at radius 3 is 2.29 bits per heavy atom. The van der Waals surface area contributed by atoms with E-state index >= 15 is 0 Å². The number of carbonyl (C=O) groups excluding carboxylic acids is 2. The molecule has 0 saturated heterocycles. The minimum Gasteiger partial charge on any atom is -0.370 e. The highest BCUT2D eigenvalue weighted by Gasteiger charge is 2.33. The van der Waals surface area contributed by atoms with Crippen LogP contribution in [0.15, 0.2) is 0 Å². The fourth-order valence-corrected chi connectivity index (χ4v) is 2.48. The highest BCUT2D eigenvalue weighted by Crippen LogP contribution is 2.30. The van der Waals surface area contributed by atoms with Crippen molar-refractivity contribution in [1.82, 2.24) is 5.32 Å². The molecule has 0 unspecified atom stereocenters. The van der Waals surface area contributed by atoms with Gasteiger partial charge in [0.05, 0.1) is 0 Å². The third kappa shape index (κ3) is 4.73. The van der Waals surface area contributed by atoms with Crippen molar-refractivity contribution in [3.63, 3.8) is 0 Å². The summed E-state index contributed by atoms with van der Waals surface area (Å²) in [7, 11) is 0. The summed E-state index contributed by atoms with van der Waals surface area (Å²) in [5.41, 5.74) is 10.3. The van der Waals surface area contributed by atoms with E-state index in [0.29, 0.717) is 6.42 Å². The number of amides is 2. The molecule has 1 saturated carbocycles. The molecule has 0 bridgehead atoms. The maximum absolute atomic E-state index is 11.9. The summed E-state index contributed by atoms with van der Waals surface area (Å²) in [5.74, 6) is -0.515. The van der Waals surface area contributed by atoms with Crippen LogP contribution in [0.4, 0.5) is 0 Å². The van der Waals surface area contributed by atoms with Crippen molar-refractivity contribution in [2.75, 3.05) is 0 Å². The van der Waals surface area contributed by atoms with Gasteiger partial charge in [-0.15, -0.1) is 0 Å². The average molecular weight is 241 g/mol. The Balaban J connectivity index is 2.46.